The smallest absolute Gasteiger partial charge is 0.319 e. The lowest BCUT2D eigenvalue weighted by atomic mass is 9.95. The van der Waals surface area contributed by atoms with Crippen molar-refractivity contribution < 1.29 is 22.7 Å². The number of carbonyl (C=O) groups is 1. The molecule has 3 aliphatic rings. The molecule has 0 spiro atoms. The number of rotatable bonds is 8. The normalized spacial score (nSPS) is 22.0. The van der Waals surface area contributed by atoms with Gasteiger partial charge in [0, 0.05) is 73.6 Å². The Kier molecular flexibility index (Phi) is 8.94. The quantitative estimate of drug-likeness (QED) is 0.161. The summed E-state index contributed by atoms with van der Waals surface area (Å²) in [5, 5.41) is 2.29. The van der Waals surface area contributed by atoms with Crippen molar-refractivity contribution in [3.63, 3.8) is 0 Å². The number of alkyl halides is 1. The first-order valence-corrected chi connectivity index (χ1v) is 17.7. The number of aryl methyl sites for hydroxylation is 1. The largest absolute Gasteiger partial charge is 0.461 e. The molecule has 14 heteroatoms. The number of amides is 1. The molecule has 2 aromatic carbocycles. The van der Waals surface area contributed by atoms with Crippen molar-refractivity contribution in [2.75, 3.05) is 44.7 Å². The molecule has 0 N–H and O–H groups in total. The van der Waals surface area contributed by atoms with Gasteiger partial charge in [-0.3, -0.25) is 14.7 Å². The molecule has 0 radical (unpaired) electrons. The zero-order valence-electron chi connectivity index (χ0n) is 28.7. The summed E-state index contributed by atoms with van der Waals surface area (Å²) in [6.45, 7) is 3.48. The third kappa shape index (κ3) is 6.19. The summed E-state index contributed by atoms with van der Waals surface area (Å²) < 4.78 is 52.8. The zero-order chi connectivity index (χ0) is 36.1. The topological polar surface area (TPSA) is 100 Å². The molecular formula is C38H36ClF3N8O2. The Morgan fingerprint density at radius 2 is 1.94 bits per heavy atom. The minimum absolute atomic E-state index is 0.00322. The Balaban J connectivity index is 1.14. The van der Waals surface area contributed by atoms with E-state index < -0.39 is 29.3 Å². The van der Waals surface area contributed by atoms with Crippen LogP contribution in [-0.4, -0.2) is 98.2 Å². The number of hydrogen-bond acceptors (Lipinski definition) is 9. The fourth-order valence-electron chi connectivity index (χ4n) is 8.00. The van der Waals surface area contributed by atoms with Gasteiger partial charge in [0.1, 0.15) is 35.6 Å². The van der Waals surface area contributed by atoms with Crippen LogP contribution in [0.1, 0.15) is 37.2 Å². The van der Waals surface area contributed by atoms with E-state index in [0.29, 0.717) is 64.6 Å². The fraction of sp³-hybridized carbons (Fsp3) is 0.368. The molecule has 0 unspecified atom stereocenters. The highest BCUT2D eigenvalue weighted by Gasteiger charge is 2.49. The van der Waals surface area contributed by atoms with Crippen LogP contribution in [0.2, 0.25) is 5.02 Å². The lowest BCUT2D eigenvalue weighted by Crippen LogP contribution is -2.43. The van der Waals surface area contributed by atoms with E-state index in [-0.39, 0.29) is 36.4 Å². The second-order valence-electron chi connectivity index (χ2n) is 13.8. The maximum atomic E-state index is 16.8. The average Bonchev–Trinajstić information content (AvgIpc) is 3.85. The van der Waals surface area contributed by atoms with Gasteiger partial charge in [-0.05, 0) is 50.2 Å². The summed E-state index contributed by atoms with van der Waals surface area (Å²) in [6.07, 6.45) is 5.77. The Morgan fingerprint density at radius 3 is 2.77 bits per heavy atom. The van der Waals surface area contributed by atoms with E-state index in [2.05, 4.69) is 24.8 Å². The molecule has 10 nitrogen and oxygen atoms in total. The number of halogens is 4. The van der Waals surface area contributed by atoms with Gasteiger partial charge in [-0.2, -0.15) is 9.97 Å². The summed E-state index contributed by atoms with van der Waals surface area (Å²) in [4.78, 5) is 40.6. The van der Waals surface area contributed by atoms with Crippen molar-refractivity contribution in [1.82, 2.24) is 34.7 Å². The van der Waals surface area contributed by atoms with E-state index in [1.54, 1.807) is 26.1 Å². The maximum Gasteiger partial charge on any atom is 0.319 e. The van der Waals surface area contributed by atoms with Crippen molar-refractivity contribution in [3.8, 4) is 17.3 Å². The molecular weight excluding hydrogens is 693 g/mol. The molecule has 0 aliphatic carbocycles. The molecule has 0 saturated carbocycles. The number of anilines is 1. The summed E-state index contributed by atoms with van der Waals surface area (Å²) in [5.41, 5.74) is 0.401. The van der Waals surface area contributed by atoms with Crippen molar-refractivity contribution in [2.24, 2.45) is 0 Å². The van der Waals surface area contributed by atoms with Gasteiger partial charge in [0.25, 0.3) is 5.91 Å². The molecule has 3 aliphatic heterocycles. The first-order valence-electron chi connectivity index (χ1n) is 17.3. The van der Waals surface area contributed by atoms with Gasteiger partial charge in [-0.25, -0.2) is 23.1 Å². The summed E-state index contributed by atoms with van der Waals surface area (Å²) in [6, 6.07) is 12.1. The van der Waals surface area contributed by atoms with E-state index in [1.807, 2.05) is 29.2 Å². The van der Waals surface area contributed by atoms with Gasteiger partial charge in [0.2, 0.25) is 0 Å². The molecule has 3 fully saturated rings. The number of carbonyl (C=O) groups excluding carboxylic acids is 1. The second-order valence-corrected chi connectivity index (χ2v) is 14.3. The minimum Gasteiger partial charge on any atom is -0.461 e. The van der Waals surface area contributed by atoms with Crippen molar-refractivity contribution >= 4 is 51.1 Å². The summed E-state index contributed by atoms with van der Waals surface area (Å²) >= 11 is 6.61. The number of benzene rings is 2. The van der Waals surface area contributed by atoms with E-state index in [9.17, 15) is 9.18 Å². The van der Waals surface area contributed by atoms with Crippen molar-refractivity contribution in [3.05, 3.63) is 83.0 Å². The minimum atomic E-state index is -0.945. The number of hydrogen-bond donors (Lipinski definition) is 0. The molecule has 0 bridgehead atoms. The van der Waals surface area contributed by atoms with Gasteiger partial charge in [-0.1, -0.05) is 41.9 Å². The van der Waals surface area contributed by atoms with Gasteiger partial charge in [-0.15, -0.1) is 0 Å². The van der Waals surface area contributed by atoms with E-state index in [1.165, 1.54) is 23.4 Å². The Bertz CT molecular complexity index is 2240. The first-order chi connectivity index (χ1) is 25.1. The number of pyridine rings is 1. The van der Waals surface area contributed by atoms with Crippen LogP contribution in [0, 0.1) is 12.7 Å². The third-order valence-corrected chi connectivity index (χ3v) is 10.9. The monoisotopic (exact) mass is 728 g/mol. The SMILES string of the molecule is Cc1nccc(/C=C(\F)C(=O)N2CC[C@@H](N(C)c3nc(OC[C@@]45CCCN4C[C@H](F)C5)nc4c(F)c(-c5cccc6cccc(Cl)c56)ncc34)C2)n1. The van der Waals surface area contributed by atoms with E-state index in [4.69, 9.17) is 21.3 Å². The third-order valence-electron chi connectivity index (χ3n) is 10.6. The average molecular weight is 729 g/mol. The Labute approximate surface area is 303 Å². The Morgan fingerprint density at radius 1 is 1.12 bits per heavy atom. The lowest BCUT2D eigenvalue weighted by molar-refractivity contribution is -0.127. The highest BCUT2D eigenvalue weighted by Crippen LogP contribution is 2.41. The molecule has 3 aromatic heterocycles. The second kappa shape index (κ2) is 13.6. The van der Waals surface area contributed by atoms with Crippen LogP contribution in [0.15, 0.2) is 60.7 Å². The molecule has 3 atom stereocenters. The zero-order valence-corrected chi connectivity index (χ0v) is 29.5. The predicted molar refractivity (Wildman–Crippen MR) is 193 cm³/mol. The number of likely N-dealkylation sites (tertiary alicyclic amines) is 1. The van der Waals surface area contributed by atoms with Gasteiger partial charge >= 0.3 is 6.01 Å². The van der Waals surface area contributed by atoms with Gasteiger partial charge in [0.05, 0.1) is 16.6 Å². The van der Waals surface area contributed by atoms with Crippen LogP contribution in [-0.2, 0) is 4.79 Å². The molecule has 1 amide bonds. The highest BCUT2D eigenvalue weighted by atomic mass is 35.5. The summed E-state index contributed by atoms with van der Waals surface area (Å²) in [5.74, 6) is -1.55. The number of fused-ring (bicyclic) bond motifs is 3. The molecule has 8 rings (SSSR count). The number of likely N-dealkylation sites (N-methyl/N-ethyl adjacent to an activating group) is 1. The molecule has 268 valence electrons. The van der Waals surface area contributed by atoms with Crippen LogP contribution in [0.4, 0.5) is 19.0 Å². The molecule has 5 aromatic rings. The molecule has 52 heavy (non-hydrogen) atoms. The van der Waals surface area contributed by atoms with E-state index in [0.717, 1.165) is 30.8 Å². The van der Waals surface area contributed by atoms with Crippen molar-refractivity contribution in [1.29, 1.82) is 0 Å². The van der Waals surface area contributed by atoms with Crippen molar-refractivity contribution in [2.45, 2.75) is 50.4 Å². The Hall–Kier alpha value is -4.88. The number of ether oxygens (including phenoxy) is 1. The number of nitrogens with zero attached hydrogens (tertiary/aromatic N) is 8. The summed E-state index contributed by atoms with van der Waals surface area (Å²) in [7, 11) is 1.79. The van der Waals surface area contributed by atoms with Crippen LogP contribution >= 0.6 is 11.6 Å². The standard InChI is InChI=1S/C38H36ClF3N8O2/c1-22-43-13-10-25(45-22)16-30(41)36(51)49-15-11-26(20-49)48(2)35-28-18-44-33(27-8-3-6-23-7-4-9-29(39)31(23)27)32(42)34(28)46-37(47-35)52-21-38-12-5-14-50(38)19-24(40)17-38/h3-4,6-10,13,16,18,24,26H,5,11-12,14-15,17,19-21H2,1-2H3/b30-16-/t24-,26-,38+/m1/s1. The van der Waals surface area contributed by atoms with Crippen LogP contribution in [0.5, 0.6) is 6.01 Å². The highest BCUT2D eigenvalue weighted by molar-refractivity contribution is 6.36. The van der Waals surface area contributed by atoms with Gasteiger partial charge < -0.3 is 14.5 Å². The van der Waals surface area contributed by atoms with E-state index >= 15 is 8.78 Å². The molecule has 3 saturated heterocycles. The van der Waals surface area contributed by atoms with Crippen LogP contribution in [0.25, 0.3) is 39.0 Å². The molecule has 6 heterocycles. The first kappa shape index (κ1) is 34.2. The maximum absolute atomic E-state index is 16.8. The van der Waals surface area contributed by atoms with Gasteiger partial charge in [0.15, 0.2) is 11.6 Å². The van der Waals surface area contributed by atoms with Crippen LogP contribution < -0.4 is 9.64 Å². The predicted octanol–water partition coefficient (Wildman–Crippen LogP) is 6.74. The fourth-order valence-corrected chi connectivity index (χ4v) is 8.28. The van der Waals surface area contributed by atoms with Crippen LogP contribution in [0.3, 0.4) is 0 Å². The lowest BCUT2D eigenvalue weighted by Gasteiger charge is -2.31. The number of aromatic nitrogens is 5.